The molecule has 2 aromatic rings. The van der Waals surface area contributed by atoms with Gasteiger partial charge >= 0.3 is 0 Å². The van der Waals surface area contributed by atoms with Gasteiger partial charge in [0.05, 0.1) is 11.6 Å². The first-order valence-corrected chi connectivity index (χ1v) is 10.1. The zero-order valence-electron chi connectivity index (χ0n) is 16.5. The van der Waals surface area contributed by atoms with E-state index in [2.05, 4.69) is 74.5 Å². The van der Waals surface area contributed by atoms with Gasteiger partial charge in [0.2, 0.25) is 0 Å². The van der Waals surface area contributed by atoms with Crippen molar-refractivity contribution in [2.24, 2.45) is 0 Å². The Hall–Kier alpha value is -1.78. The van der Waals surface area contributed by atoms with Gasteiger partial charge < -0.3 is 9.67 Å². The first-order valence-electron chi connectivity index (χ1n) is 9.13. The highest BCUT2D eigenvalue weighted by Crippen LogP contribution is 2.36. The number of hydrogen-bond acceptors (Lipinski definition) is 3. The second-order valence-electron chi connectivity index (χ2n) is 6.78. The highest BCUT2D eigenvalue weighted by molar-refractivity contribution is 7.99. The molecule has 1 N–H and O–H groups in total. The van der Waals surface area contributed by atoms with E-state index in [1.807, 2.05) is 24.2 Å². The molecule has 0 saturated heterocycles. The lowest BCUT2D eigenvalue weighted by Gasteiger charge is -2.13. The van der Waals surface area contributed by atoms with Crippen LogP contribution < -0.4 is 0 Å². The predicted octanol–water partition coefficient (Wildman–Crippen LogP) is 5.47. The molecule has 0 atom stereocenters. The molecule has 2 rings (SSSR count). The van der Waals surface area contributed by atoms with Crippen molar-refractivity contribution in [3.8, 4) is 0 Å². The third-order valence-corrected chi connectivity index (χ3v) is 5.69. The fourth-order valence-corrected chi connectivity index (χ4v) is 4.28. The molecule has 0 fully saturated rings. The molecule has 0 aromatic carbocycles. The first-order chi connectivity index (χ1) is 12.5. The second kappa shape index (κ2) is 9.79. The lowest BCUT2D eigenvalue weighted by Crippen LogP contribution is -2.04. The number of pyridine rings is 1. The van der Waals surface area contributed by atoms with Crippen LogP contribution in [0.25, 0.3) is 0 Å². The number of aromatic nitrogens is 2. The van der Waals surface area contributed by atoms with Gasteiger partial charge in [-0.25, -0.2) is 0 Å². The summed E-state index contributed by atoms with van der Waals surface area (Å²) in [5.41, 5.74) is 6.00. The van der Waals surface area contributed by atoms with Gasteiger partial charge in [-0.1, -0.05) is 37.6 Å². The average Bonchev–Trinajstić information content (AvgIpc) is 2.91. The van der Waals surface area contributed by atoms with Crippen LogP contribution in [0, 0.1) is 6.92 Å². The molecule has 0 aliphatic heterocycles. The maximum atomic E-state index is 9.97. The molecule has 0 unspecified atom stereocenters. The molecule has 0 amide bonds. The Balaban J connectivity index is 2.39. The number of nitrogens with zero attached hydrogens (tertiary/aromatic N) is 2. The quantitative estimate of drug-likeness (QED) is 0.494. The fraction of sp³-hybridized carbons (Fsp3) is 0.409. The summed E-state index contributed by atoms with van der Waals surface area (Å²) in [6.07, 6.45) is 10.2. The van der Waals surface area contributed by atoms with Gasteiger partial charge in [-0.3, -0.25) is 4.98 Å². The Bertz CT molecular complexity index is 773. The molecular formula is C22H30N2OS. The van der Waals surface area contributed by atoms with E-state index in [4.69, 9.17) is 0 Å². The molecule has 0 aliphatic carbocycles. The van der Waals surface area contributed by atoms with Crippen LogP contribution in [0.2, 0.25) is 0 Å². The van der Waals surface area contributed by atoms with Crippen LogP contribution in [0.4, 0.5) is 0 Å². The molecule has 2 heterocycles. The van der Waals surface area contributed by atoms with E-state index in [0.717, 1.165) is 23.6 Å². The third kappa shape index (κ3) is 4.89. The van der Waals surface area contributed by atoms with E-state index in [1.54, 1.807) is 0 Å². The molecule has 0 bridgehead atoms. The summed E-state index contributed by atoms with van der Waals surface area (Å²) in [6.45, 7) is 11.6. The maximum Gasteiger partial charge on any atom is 0.0795 e. The summed E-state index contributed by atoms with van der Waals surface area (Å²) in [5.74, 6) is 1.29. The minimum atomic E-state index is 0.0871. The molecule has 0 saturated carbocycles. The van der Waals surface area contributed by atoms with Gasteiger partial charge in [0, 0.05) is 35.9 Å². The molecule has 2 aromatic heterocycles. The van der Waals surface area contributed by atoms with Crippen LogP contribution in [0.1, 0.15) is 56.0 Å². The van der Waals surface area contributed by atoms with E-state index >= 15 is 0 Å². The highest BCUT2D eigenvalue weighted by atomic mass is 32.2. The molecule has 3 nitrogen and oxygen atoms in total. The number of aliphatic hydroxyl groups excluding tert-OH is 1. The van der Waals surface area contributed by atoms with Gasteiger partial charge in [0.25, 0.3) is 0 Å². The summed E-state index contributed by atoms with van der Waals surface area (Å²) in [4.78, 5) is 4.12. The normalized spacial score (nSPS) is 12.5. The van der Waals surface area contributed by atoms with E-state index in [-0.39, 0.29) is 6.61 Å². The largest absolute Gasteiger partial charge is 0.392 e. The topological polar surface area (TPSA) is 38.0 Å². The summed E-state index contributed by atoms with van der Waals surface area (Å²) in [6, 6.07) is 4.10. The lowest BCUT2D eigenvalue weighted by molar-refractivity contribution is 0.279. The SMILES string of the molecule is C/C=C(C)\C=C/CSc1c(C(C)C)c(CO)c(C)n1Cc1ccncc1. The minimum absolute atomic E-state index is 0.0871. The standard InChI is InChI=1S/C22H30N2OS/c1-6-17(4)8-7-13-26-22-21(16(2)3)20(15-25)18(5)24(22)14-19-9-11-23-12-10-19/h6-12,16,25H,13-15H2,1-5H3/b8-7-,17-6-. The van der Waals surface area contributed by atoms with Crippen molar-refractivity contribution in [3.05, 3.63) is 70.7 Å². The molecule has 0 aliphatic rings. The van der Waals surface area contributed by atoms with Crippen LogP contribution in [-0.2, 0) is 13.2 Å². The number of rotatable bonds is 8. The number of aliphatic hydroxyl groups is 1. The molecule has 26 heavy (non-hydrogen) atoms. The zero-order chi connectivity index (χ0) is 19.1. The van der Waals surface area contributed by atoms with Crippen LogP contribution >= 0.6 is 11.8 Å². The Morgan fingerprint density at radius 2 is 2.00 bits per heavy atom. The molecule has 0 radical (unpaired) electrons. The van der Waals surface area contributed by atoms with Crippen molar-refractivity contribution in [1.82, 2.24) is 9.55 Å². The van der Waals surface area contributed by atoms with Crippen molar-refractivity contribution in [2.75, 3.05) is 5.75 Å². The number of hydrogen-bond donors (Lipinski definition) is 1. The second-order valence-corrected chi connectivity index (χ2v) is 7.79. The lowest BCUT2D eigenvalue weighted by atomic mass is 10.0. The fourth-order valence-electron chi connectivity index (χ4n) is 3.05. The molecular weight excluding hydrogens is 340 g/mol. The van der Waals surface area contributed by atoms with Crippen LogP contribution in [0.5, 0.6) is 0 Å². The molecule has 4 heteroatoms. The van der Waals surface area contributed by atoms with Crippen LogP contribution in [0.3, 0.4) is 0 Å². The summed E-state index contributed by atoms with van der Waals surface area (Å²) < 4.78 is 2.34. The predicted molar refractivity (Wildman–Crippen MR) is 112 cm³/mol. The third-order valence-electron chi connectivity index (χ3n) is 4.62. The van der Waals surface area contributed by atoms with Gasteiger partial charge in [0.15, 0.2) is 0 Å². The minimum Gasteiger partial charge on any atom is -0.392 e. The van der Waals surface area contributed by atoms with Gasteiger partial charge in [0.1, 0.15) is 0 Å². The van der Waals surface area contributed by atoms with Crippen molar-refractivity contribution < 1.29 is 5.11 Å². The molecule has 0 spiro atoms. The maximum absolute atomic E-state index is 9.97. The monoisotopic (exact) mass is 370 g/mol. The average molecular weight is 371 g/mol. The van der Waals surface area contributed by atoms with E-state index in [9.17, 15) is 5.11 Å². The number of allylic oxidation sites excluding steroid dienone is 3. The smallest absolute Gasteiger partial charge is 0.0795 e. The van der Waals surface area contributed by atoms with Gasteiger partial charge in [-0.15, -0.1) is 11.8 Å². The van der Waals surface area contributed by atoms with Gasteiger partial charge in [-0.05, 0) is 49.9 Å². The van der Waals surface area contributed by atoms with Crippen molar-refractivity contribution >= 4 is 11.8 Å². The van der Waals surface area contributed by atoms with Crippen LogP contribution in [0.15, 0.2) is 53.4 Å². The van der Waals surface area contributed by atoms with Crippen LogP contribution in [-0.4, -0.2) is 20.4 Å². The van der Waals surface area contributed by atoms with E-state index in [1.165, 1.54) is 21.7 Å². The summed E-state index contributed by atoms with van der Waals surface area (Å²) >= 11 is 1.85. The van der Waals surface area contributed by atoms with E-state index in [0.29, 0.717) is 5.92 Å². The Labute approximate surface area is 161 Å². The van der Waals surface area contributed by atoms with E-state index < -0.39 is 0 Å². The Morgan fingerprint density at radius 3 is 2.58 bits per heavy atom. The molecule has 140 valence electrons. The van der Waals surface area contributed by atoms with Crippen molar-refractivity contribution in [1.29, 1.82) is 0 Å². The summed E-state index contributed by atoms with van der Waals surface area (Å²) in [5, 5.41) is 11.2. The Morgan fingerprint density at radius 1 is 1.31 bits per heavy atom. The van der Waals surface area contributed by atoms with Crippen molar-refractivity contribution in [3.63, 3.8) is 0 Å². The van der Waals surface area contributed by atoms with Crippen molar-refractivity contribution in [2.45, 2.75) is 58.7 Å². The number of thioether (sulfide) groups is 1. The highest BCUT2D eigenvalue weighted by Gasteiger charge is 2.22. The first kappa shape index (κ1) is 20.5. The Kier molecular flexibility index (Phi) is 7.73. The zero-order valence-corrected chi connectivity index (χ0v) is 17.3. The summed E-state index contributed by atoms with van der Waals surface area (Å²) in [7, 11) is 0. The van der Waals surface area contributed by atoms with Gasteiger partial charge in [-0.2, -0.15) is 0 Å².